The minimum Gasteiger partial charge on any atom is -0.298 e. The van der Waals surface area contributed by atoms with Crippen molar-refractivity contribution in [3.63, 3.8) is 0 Å². The Labute approximate surface area is 101 Å². The van der Waals surface area contributed by atoms with Crippen molar-refractivity contribution in [2.75, 3.05) is 6.26 Å². The van der Waals surface area contributed by atoms with E-state index in [1.54, 1.807) is 22.3 Å². The van der Waals surface area contributed by atoms with Crippen LogP contribution in [0.1, 0.15) is 10.4 Å². The number of aldehydes is 1. The van der Waals surface area contributed by atoms with Crippen LogP contribution in [-0.2, 0) is 0 Å². The Balaban J connectivity index is 2.49. The number of pyridine rings is 1. The third-order valence-electron chi connectivity index (χ3n) is 2.63. The zero-order chi connectivity index (χ0) is 11.8. The predicted octanol–water partition coefficient (Wildman–Crippen LogP) is 1.81. The largest absolute Gasteiger partial charge is 0.298 e. The van der Waals surface area contributed by atoms with Crippen molar-refractivity contribution < 1.29 is 4.79 Å². The van der Waals surface area contributed by atoms with E-state index in [2.05, 4.69) is 15.5 Å². The number of aromatic nitrogens is 4. The van der Waals surface area contributed by atoms with Crippen LogP contribution in [-0.4, -0.2) is 32.6 Å². The fraction of sp³-hybridized carbons (Fsp3) is 0.0909. The highest BCUT2D eigenvalue weighted by Gasteiger charge is 2.09. The Hall–Kier alpha value is -1.95. The lowest BCUT2D eigenvalue weighted by Gasteiger charge is -2.03. The fourth-order valence-corrected chi connectivity index (χ4v) is 2.24. The summed E-state index contributed by atoms with van der Waals surface area (Å²) in [5.41, 5.74) is 1.90. The molecule has 0 saturated carbocycles. The van der Waals surface area contributed by atoms with Crippen molar-refractivity contribution in [1.29, 1.82) is 0 Å². The molecule has 3 aromatic rings. The minimum atomic E-state index is 0.491. The van der Waals surface area contributed by atoms with Crippen LogP contribution in [0.25, 0.3) is 16.6 Å². The predicted molar refractivity (Wildman–Crippen MR) is 65.5 cm³/mol. The lowest BCUT2D eigenvalue weighted by atomic mass is 10.1. The van der Waals surface area contributed by atoms with E-state index in [9.17, 15) is 4.79 Å². The monoisotopic (exact) mass is 244 g/mol. The maximum absolute atomic E-state index is 11.0. The van der Waals surface area contributed by atoms with E-state index >= 15 is 0 Å². The molecule has 1 aromatic carbocycles. The van der Waals surface area contributed by atoms with Crippen molar-refractivity contribution >= 4 is 34.6 Å². The second kappa shape index (κ2) is 3.81. The summed E-state index contributed by atoms with van der Waals surface area (Å²) in [5.74, 6) is 0. The molecule has 6 heteroatoms. The van der Waals surface area contributed by atoms with Crippen LogP contribution in [0.2, 0.25) is 0 Å². The molecular weight excluding hydrogens is 236 g/mol. The molecule has 5 nitrogen and oxygen atoms in total. The molecule has 0 fully saturated rings. The summed E-state index contributed by atoms with van der Waals surface area (Å²) >= 11 is 1.65. The highest BCUT2D eigenvalue weighted by Crippen LogP contribution is 2.23. The number of fused-ring (bicyclic) bond motifs is 3. The summed E-state index contributed by atoms with van der Waals surface area (Å²) in [7, 11) is 0. The van der Waals surface area contributed by atoms with Gasteiger partial charge in [0, 0.05) is 10.3 Å². The number of tetrazole rings is 1. The number of benzene rings is 1. The Morgan fingerprint density at radius 2 is 2.24 bits per heavy atom. The van der Waals surface area contributed by atoms with Crippen molar-refractivity contribution in [2.45, 2.75) is 4.90 Å². The van der Waals surface area contributed by atoms with Gasteiger partial charge in [0.25, 0.3) is 0 Å². The van der Waals surface area contributed by atoms with Gasteiger partial charge in [0.05, 0.1) is 11.1 Å². The molecule has 84 valence electrons. The topological polar surface area (TPSA) is 60.2 Å². The first-order valence-electron chi connectivity index (χ1n) is 4.97. The molecule has 0 bridgehead atoms. The first kappa shape index (κ1) is 10.2. The van der Waals surface area contributed by atoms with E-state index in [0.29, 0.717) is 11.2 Å². The summed E-state index contributed by atoms with van der Waals surface area (Å²) in [4.78, 5) is 12.1. The molecule has 0 aliphatic heterocycles. The van der Waals surface area contributed by atoms with E-state index < -0.39 is 0 Å². The van der Waals surface area contributed by atoms with Crippen molar-refractivity contribution in [2.24, 2.45) is 0 Å². The zero-order valence-corrected chi connectivity index (χ0v) is 9.81. The first-order valence-corrected chi connectivity index (χ1v) is 6.20. The van der Waals surface area contributed by atoms with Gasteiger partial charge in [-0.25, -0.2) is 0 Å². The lowest BCUT2D eigenvalue weighted by Crippen LogP contribution is -1.95. The van der Waals surface area contributed by atoms with Crippen molar-refractivity contribution in [3.8, 4) is 0 Å². The van der Waals surface area contributed by atoms with Crippen LogP contribution < -0.4 is 0 Å². The third-order valence-corrected chi connectivity index (χ3v) is 3.36. The van der Waals surface area contributed by atoms with Crippen LogP contribution >= 0.6 is 11.8 Å². The van der Waals surface area contributed by atoms with Gasteiger partial charge in [-0.1, -0.05) is 6.07 Å². The van der Waals surface area contributed by atoms with E-state index in [1.165, 1.54) is 0 Å². The summed E-state index contributed by atoms with van der Waals surface area (Å²) in [5, 5.41) is 12.3. The summed E-state index contributed by atoms with van der Waals surface area (Å²) in [6, 6.07) is 7.79. The maximum Gasteiger partial charge on any atom is 0.190 e. The summed E-state index contributed by atoms with van der Waals surface area (Å²) in [6.07, 6.45) is 2.78. The lowest BCUT2D eigenvalue weighted by molar-refractivity contribution is 0.112. The molecule has 0 N–H and O–H groups in total. The summed E-state index contributed by atoms with van der Waals surface area (Å²) < 4.78 is 1.60. The Morgan fingerprint density at radius 1 is 1.35 bits per heavy atom. The van der Waals surface area contributed by atoms with Crippen molar-refractivity contribution in [1.82, 2.24) is 20.0 Å². The van der Waals surface area contributed by atoms with Crippen molar-refractivity contribution in [3.05, 3.63) is 29.8 Å². The Kier molecular flexibility index (Phi) is 2.29. The van der Waals surface area contributed by atoms with E-state index in [1.807, 2.05) is 24.5 Å². The molecule has 0 aliphatic rings. The maximum atomic E-state index is 11.0. The number of carbonyl (C=O) groups is 1. The highest BCUT2D eigenvalue weighted by atomic mass is 32.2. The zero-order valence-electron chi connectivity index (χ0n) is 8.99. The van der Waals surface area contributed by atoms with Gasteiger partial charge in [0.1, 0.15) is 0 Å². The van der Waals surface area contributed by atoms with Gasteiger partial charge in [-0.15, -0.1) is 16.9 Å². The third kappa shape index (κ3) is 1.49. The van der Waals surface area contributed by atoms with Gasteiger partial charge >= 0.3 is 0 Å². The molecule has 0 aliphatic carbocycles. The smallest absolute Gasteiger partial charge is 0.190 e. The number of thioether (sulfide) groups is 1. The number of nitrogens with zero attached hydrogens (tertiary/aromatic N) is 4. The number of hydrogen-bond acceptors (Lipinski definition) is 5. The molecular formula is C11H8N4OS. The fourth-order valence-electron chi connectivity index (χ4n) is 1.80. The second-order valence-corrected chi connectivity index (χ2v) is 4.44. The van der Waals surface area contributed by atoms with Crippen LogP contribution in [0, 0.1) is 0 Å². The Bertz CT molecular complexity index is 722. The van der Waals surface area contributed by atoms with Gasteiger partial charge in [-0.2, -0.15) is 4.52 Å². The standard InChI is InChI=1S/C11H8N4OS/c1-17-9-3-2-7-4-8(6-16)11-12-13-14-15(11)10(7)5-9/h2-6H,1H3. The van der Waals surface area contributed by atoms with Crippen LogP contribution in [0.5, 0.6) is 0 Å². The summed E-state index contributed by atoms with van der Waals surface area (Å²) in [6.45, 7) is 0. The second-order valence-electron chi connectivity index (χ2n) is 3.56. The van der Waals surface area contributed by atoms with Crippen LogP contribution in [0.3, 0.4) is 0 Å². The van der Waals surface area contributed by atoms with Gasteiger partial charge in [-0.3, -0.25) is 4.79 Å². The first-order chi connectivity index (χ1) is 8.33. The molecule has 0 unspecified atom stereocenters. The quantitative estimate of drug-likeness (QED) is 0.508. The number of hydrogen-bond donors (Lipinski definition) is 0. The number of carbonyl (C=O) groups excluding carboxylic acids is 1. The molecule has 2 heterocycles. The molecule has 3 rings (SSSR count). The molecule has 0 atom stereocenters. The van der Waals surface area contributed by atoms with E-state index in [4.69, 9.17) is 0 Å². The average Bonchev–Trinajstić information content (AvgIpc) is 2.86. The van der Waals surface area contributed by atoms with Gasteiger partial charge in [0.15, 0.2) is 11.9 Å². The molecule has 2 aromatic heterocycles. The molecule has 0 saturated heterocycles. The van der Waals surface area contributed by atoms with Crippen LogP contribution in [0.4, 0.5) is 0 Å². The Morgan fingerprint density at radius 3 is 3.00 bits per heavy atom. The van der Waals surface area contributed by atoms with Gasteiger partial charge < -0.3 is 0 Å². The van der Waals surface area contributed by atoms with E-state index in [0.717, 1.165) is 22.1 Å². The average molecular weight is 244 g/mol. The minimum absolute atomic E-state index is 0.491. The molecule has 17 heavy (non-hydrogen) atoms. The number of rotatable bonds is 2. The van der Waals surface area contributed by atoms with Gasteiger partial charge in [-0.05, 0) is 34.9 Å². The van der Waals surface area contributed by atoms with Gasteiger partial charge in [0.2, 0.25) is 0 Å². The highest BCUT2D eigenvalue weighted by molar-refractivity contribution is 7.98. The molecule has 0 radical (unpaired) electrons. The van der Waals surface area contributed by atoms with Crippen LogP contribution in [0.15, 0.2) is 29.2 Å². The normalized spacial score (nSPS) is 11.1. The molecule has 0 spiro atoms. The SMILES string of the molecule is CSc1ccc2cc(C=O)c3nnnn3c2c1. The molecule has 0 amide bonds. The van der Waals surface area contributed by atoms with E-state index in [-0.39, 0.29) is 0 Å².